The Hall–Kier alpha value is -2.54. The highest BCUT2D eigenvalue weighted by atomic mass is 19.1. The molecular formula is C14H14FN3O3. The zero-order valence-electron chi connectivity index (χ0n) is 11.1. The van der Waals surface area contributed by atoms with Crippen molar-refractivity contribution in [3.63, 3.8) is 0 Å². The van der Waals surface area contributed by atoms with Crippen molar-refractivity contribution in [2.24, 2.45) is 0 Å². The number of nitrogens with zero attached hydrogens (tertiary/aromatic N) is 2. The van der Waals surface area contributed by atoms with Gasteiger partial charge in [0.15, 0.2) is 5.82 Å². The number of aromatic nitrogens is 2. The topological polar surface area (TPSA) is 88.2 Å². The molecule has 1 amide bonds. The van der Waals surface area contributed by atoms with Gasteiger partial charge in [0.2, 0.25) is 11.8 Å². The fourth-order valence-electron chi connectivity index (χ4n) is 1.64. The summed E-state index contributed by atoms with van der Waals surface area (Å²) in [4.78, 5) is 15.0. The number of aryl methyl sites for hydroxylation is 1. The van der Waals surface area contributed by atoms with E-state index in [2.05, 4.69) is 10.1 Å². The van der Waals surface area contributed by atoms with Crippen molar-refractivity contribution in [3.05, 3.63) is 47.4 Å². The van der Waals surface area contributed by atoms with E-state index < -0.39 is 5.91 Å². The lowest BCUT2D eigenvalue weighted by Crippen LogP contribution is -2.18. The van der Waals surface area contributed by atoms with Crippen molar-refractivity contribution in [2.45, 2.75) is 19.3 Å². The van der Waals surface area contributed by atoms with Crippen LogP contribution in [0.1, 0.15) is 30.1 Å². The molecule has 0 unspecified atom stereocenters. The van der Waals surface area contributed by atoms with Crippen LogP contribution >= 0.6 is 0 Å². The molecule has 0 atom stereocenters. The first-order chi connectivity index (χ1) is 10.2. The molecule has 0 aliphatic carbocycles. The highest BCUT2D eigenvalue weighted by Crippen LogP contribution is 2.09. The zero-order valence-corrected chi connectivity index (χ0v) is 11.1. The summed E-state index contributed by atoms with van der Waals surface area (Å²) < 4.78 is 17.8. The van der Waals surface area contributed by atoms with Gasteiger partial charge in [-0.25, -0.2) is 9.87 Å². The van der Waals surface area contributed by atoms with Gasteiger partial charge in [-0.1, -0.05) is 23.4 Å². The van der Waals surface area contributed by atoms with Gasteiger partial charge < -0.3 is 4.52 Å². The molecule has 6 nitrogen and oxygen atoms in total. The first-order valence-corrected chi connectivity index (χ1v) is 6.36. The van der Waals surface area contributed by atoms with Crippen LogP contribution in [0.2, 0.25) is 0 Å². The summed E-state index contributed by atoms with van der Waals surface area (Å²) in [6.45, 7) is 0. The Labute approximate surface area is 120 Å². The van der Waals surface area contributed by atoms with Gasteiger partial charge in [0.1, 0.15) is 5.82 Å². The van der Waals surface area contributed by atoms with Crippen LogP contribution < -0.4 is 5.48 Å². The Bertz CT molecular complexity index is 623. The molecule has 0 aliphatic rings. The number of hydrogen-bond acceptors (Lipinski definition) is 5. The highest BCUT2D eigenvalue weighted by molar-refractivity contribution is 5.74. The van der Waals surface area contributed by atoms with E-state index in [0.717, 1.165) is 5.56 Å². The molecule has 21 heavy (non-hydrogen) atoms. The number of carbonyl (C=O) groups excluding carboxylic acids is 1. The Morgan fingerprint density at radius 2 is 2.10 bits per heavy atom. The standard InChI is InChI=1S/C14H14FN3O3/c15-11-7-4-10(5-8-11)6-9-12-16-14(21-18-12)3-1-2-13(19)17-20/h4-9,20H,1-3H2,(H,17,19)/b9-6+. The van der Waals surface area contributed by atoms with Crippen LogP contribution in [-0.4, -0.2) is 21.3 Å². The number of carbonyl (C=O) groups is 1. The molecule has 0 fully saturated rings. The van der Waals surface area contributed by atoms with Gasteiger partial charge in [0.05, 0.1) is 0 Å². The van der Waals surface area contributed by atoms with E-state index in [4.69, 9.17) is 9.73 Å². The molecule has 2 aromatic rings. The average molecular weight is 291 g/mol. The Kier molecular flexibility index (Phi) is 5.16. The monoisotopic (exact) mass is 291 g/mol. The average Bonchev–Trinajstić information content (AvgIpc) is 2.94. The normalized spacial score (nSPS) is 11.0. The van der Waals surface area contributed by atoms with Crippen molar-refractivity contribution >= 4 is 18.1 Å². The van der Waals surface area contributed by atoms with Crippen molar-refractivity contribution in [1.82, 2.24) is 15.6 Å². The molecule has 2 rings (SSSR count). The molecule has 0 saturated heterocycles. The Morgan fingerprint density at radius 1 is 1.33 bits per heavy atom. The fraction of sp³-hybridized carbons (Fsp3) is 0.214. The number of rotatable bonds is 6. The summed E-state index contributed by atoms with van der Waals surface area (Å²) in [5, 5.41) is 12.1. The van der Waals surface area contributed by atoms with E-state index in [0.29, 0.717) is 24.6 Å². The van der Waals surface area contributed by atoms with Crippen molar-refractivity contribution in [1.29, 1.82) is 0 Å². The van der Waals surface area contributed by atoms with Crippen molar-refractivity contribution in [2.75, 3.05) is 0 Å². The first-order valence-electron chi connectivity index (χ1n) is 6.36. The SMILES string of the molecule is O=C(CCCc1nc(/C=C/c2ccc(F)cc2)no1)NO. The molecule has 1 heterocycles. The maximum absolute atomic E-state index is 12.7. The lowest BCUT2D eigenvalue weighted by molar-refractivity contribution is -0.129. The number of benzene rings is 1. The summed E-state index contributed by atoms with van der Waals surface area (Å²) in [5.41, 5.74) is 2.38. The van der Waals surface area contributed by atoms with Gasteiger partial charge in [0, 0.05) is 12.8 Å². The summed E-state index contributed by atoms with van der Waals surface area (Å²) in [6.07, 6.45) is 4.52. The van der Waals surface area contributed by atoms with Gasteiger partial charge in [-0.3, -0.25) is 10.0 Å². The van der Waals surface area contributed by atoms with Crippen LogP contribution in [0.25, 0.3) is 12.2 Å². The number of halogens is 1. The second-order valence-electron chi connectivity index (χ2n) is 4.32. The van der Waals surface area contributed by atoms with E-state index in [-0.39, 0.29) is 12.2 Å². The second-order valence-corrected chi connectivity index (χ2v) is 4.32. The summed E-state index contributed by atoms with van der Waals surface area (Å²) in [5.74, 6) is 0.0762. The van der Waals surface area contributed by atoms with Gasteiger partial charge in [-0.15, -0.1) is 0 Å². The quantitative estimate of drug-likeness (QED) is 0.629. The highest BCUT2D eigenvalue weighted by Gasteiger charge is 2.05. The Balaban J connectivity index is 1.87. The van der Waals surface area contributed by atoms with Crippen LogP contribution in [0.5, 0.6) is 0 Å². The molecule has 0 aliphatic heterocycles. The lowest BCUT2D eigenvalue weighted by atomic mass is 10.2. The minimum Gasteiger partial charge on any atom is -0.339 e. The summed E-state index contributed by atoms with van der Waals surface area (Å²) in [7, 11) is 0. The van der Waals surface area contributed by atoms with Gasteiger partial charge in [-0.05, 0) is 30.2 Å². The Morgan fingerprint density at radius 3 is 2.81 bits per heavy atom. The van der Waals surface area contributed by atoms with Gasteiger partial charge in [-0.2, -0.15) is 4.98 Å². The fourth-order valence-corrected chi connectivity index (χ4v) is 1.64. The first kappa shape index (κ1) is 14.9. The number of hydroxylamine groups is 1. The zero-order chi connectivity index (χ0) is 15.1. The largest absolute Gasteiger partial charge is 0.339 e. The molecule has 110 valence electrons. The molecule has 1 aromatic carbocycles. The molecular weight excluding hydrogens is 277 g/mol. The molecule has 2 N–H and O–H groups in total. The van der Waals surface area contributed by atoms with Gasteiger partial charge >= 0.3 is 0 Å². The van der Waals surface area contributed by atoms with Crippen LogP contribution in [0.3, 0.4) is 0 Å². The van der Waals surface area contributed by atoms with E-state index in [1.807, 2.05) is 0 Å². The predicted molar refractivity (Wildman–Crippen MR) is 72.5 cm³/mol. The number of nitrogens with one attached hydrogen (secondary N) is 1. The molecule has 7 heteroatoms. The van der Waals surface area contributed by atoms with E-state index in [1.165, 1.54) is 12.1 Å². The summed E-state index contributed by atoms with van der Waals surface area (Å²) in [6, 6.07) is 6.02. The molecule has 0 spiro atoms. The smallest absolute Gasteiger partial charge is 0.243 e. The molecule has 0 bridgehead atoms. The third-order valence-electron chi connectivity index (χ3n) is 2.70. The minimum atomic E-state index is -0.453. The van der Waals surface area contributed by atoms with Crippen LogP contribution in [-0.2, 0) is 11.2 Å². The van der Waals surface area contributed by atoms with Gasteiger partial charge in [0.25, 0.3) is 0 Å². The van der Waals surface area contributed by atoms with E-state index in [9.17, 15) is 9.18 Å². The molecule has 1 aromatic heterocycles. The van der Waals surface area contributed by atoms with Crippen LogP contribution in [0, 0.1) is 5.82 Å². The maximum atomic E-state index is 12.7. The van der Waals surface area contributed by atoms with Crippen molar-refractivity contribution in [3.8, 4) is 0 Å². The minimum absolute atomic E-state index is 0.180. The van der Waals surface area contributed by atoms with Crippen LogP contribution in [0.15, 0.2) is 28.8 Å². The number of hydrogen-bond donors (Lipinski definition) is 2. The van der Waals surface area contributed by atoms with E-state index >= 15 is 0 Å². The third kappa shape index (κ3) is 4.81. The molecule has 0 saturated carbocycles. The van der Waals surface area contributed by atoms with Crippen molar-refractivity contribution < 1.29 is 18.9 Å². The summed E-state index contributed by atoms with van der Waals surface area (Å²) >= 11 is 0. The van der Waals surface area contributed by atoms with E-state index in [1.54, 1.807) is 29.8 Å². The lowest BCUT2D eigenvalue weighted by Gasteiger charge is -1.94. The third-order valence-corrected chi connectivity index (χ3v) is 2.70. The van der Waals surface area contributed by atoms with Crippen LogP contribution in [0.4, 0.5) is 4.39 Å². The molecule has 0 radical (unpaired) electrons. The maximum Gasteiger partial charge on any atom is 0.243 e. The number of amides is 1. The second kappa shape index (κ2) is 7.30. The predicted octanol–water partition coefficient (Wildman–Crippen LogP) is 2.21.